The van der Waals surface area contributed by atoms with E-state index in [4.69, 9.17) is 0 Å². The van der Waals surface area contributed by atoms with Gasteiger partial charge in [0.2, 0.25) is 0 Å². The van der Waals surface area contributed by atoms with Crippen LogP contribution in [0.25, 0.3) is 0 Å². The molecule has 0 radical (unpaired) electrons. The van der Waals surface area contributed by atoms with Crippen LogP contribution in [0.4, 0.5) is 0 Å². The summed E-state index contributed by atoms with van der Waals surface area (Å²) in [7, 11) is 1.71. The molecule has 0 atom stereocenters. The van der Waals surface area contributed by atoms with Gasteiger partial charge in [0.25, 0.3) is 5.91 Å². The number of carbonyl (C=O) groups excluding carboxylic acids is 1. The van der Waals surface area contributed by atoms with E-state index in [2.05, 4.69) is 24.2 Å². The van der Waals surface area contributed by atoms with Crippen molar-refractivity contribution in [1.29, 1.82) is 0 Å². The van der Waals surface area contributed by atoms with Crippen LogP contribution in [0.15, 0.2) is 35.3 Å². The van der Waals surface area contributed by atoms with Crippen LogP contribution in [0.3, 0.4) is 0 Å². The molecule has 1 rings (SSSR count). The largest absolute Gasteiger partial charge is 0.347 e. The number of hydrogen-bond donors (Lipinski definition) is 1. The molecule has 0 aliphatic heterocycles. The molecule has 0 heterocycles. The number of amides is 1. The summed E-state index contributed by atoms with van der Waals surface area (Å²) in [5, 5.41) is 2.78. The summed E-state index contributed by atoms with van der Waals surface area (Å²) in [5.74, 6) is -0.0615. The molecular weight excluding hydrogens is 260 g/mol. The highest BCUT2D eigenvalue weighted by Gasteiger charge is 2.02. The summed E-state index contributed by atoms with van der Waals surface area (Å²) < 4.78 is 0. The Bertz CT molecular complexity index is 345. The maximum absolute atomic E-state index is 11.5. The fourth-order valence-corrected chi connectivity index (χ4v) is 0.979. The molecule has 0 unspecified atom stereocenters. The number of rotatable bonds is 3. The second-order valence-electron chi connectivity index (χ2n) is 3.71. The van der Waals surface area contributed by atoms with Gasteiger partial charge in [0.15, 0.2) is 0 Å². The van der Waals surface area contributed by atoms with Crippen molar-refractivity contribution in [3.8, 4) is 0 Å². The quantitative estimate of drug-likeness (QED) is 0.785. The van der Waals surface area contributed by atoms with Gasteiger partial charge in [0.1, 0.15) is 0 Å². The summed E-state index contributed by atoms with van der Waals surface area (Å²) in [6, 6.07) is 9.14. The summed E-state index contributed by atoms with van der Waals surface area (Å²) in [4.78, 5) is 15.5. The average molecular weight is 294 g/mol. The van der Waals surface area contributed by atoms with Crippen LogP contribution in [-0.4, -0.2) is 25.2 Å². The molecule has 0 aliphatic rings. The number of nitrogens with one attached hydrogen (secondary N) is 1. The van der Waals surface area contributed by atoms with E-state index in [1.54, 1.807) is 19.2 Å². The van der Waals surface area contributed by atoms with E-state index in [0.29, 0.717) is 12.1 Å². The summed E-state index contributed by atoms with van der Waals surface area (Å²) in [6.45, 7) is 14.6. The smallest absolute Gasteiger partial charge is 0.251 e. The van der Waals surface area contributed by atoms with Gasteiger partial charge in [-0.3, -0.25) is 9.79 Å². The standard InChI is InChI=1S/C11H14N2O.C3H8.2C2H6/c1-9(12-2)8-13-11(14)10-6-4-3-5-7-10;1-3-2;2*1-2/h3-7H,8H2,1-2H3,(H,13,14);3H2,1-2H3;2*1-2H3. The number of hydrogen-bond acceptors (Lipinski definition) is 2. The van der Waals surface area contributed by atoms with Gasteiger partial charge in [-0.05, 0) is 19.1 Å². The first-order chi connectivity index (χ1) is 10.2. The lowest BCUT2D eigenvalue weighted by Crippen LogP contribution is -2.28. The van der Waals surface area contributed by atoms with Gasteiger partial charge >= 0.3 is 0 Å². The van der Waals surface area contributed by atoms with Crippen LogP contribution in [0.1, 0.15) is 65.2 Å². The van der Waals surface area contributed by atoms with E-state index < -0.39 is 0 Å². The molecule has 1 N–H and O–H groups in total. The van der Waals surface area contributed by atoms with Gasteiger partial charge in [-0.1, -0.05) is 66.2 Å². The van der Waals surface area contributed by atoms with E-state index in [1.165, 1.54) is 6.42 Å². The molecule has 1 amide bonds. The molecule has 0 bridgehead atoms. The zero-order valence-corrected chi connectivity index (χ0v) is 15.2. The van der Waals surface area contributed by atoms with Crippen LogP contribution in [-0.2, 0) is 0 Å². The SMILES string of the molecule is CC.CC.CCC.CN=C(C)CNC(=O)c1ccccc1. The summed E-state index contributed by atoms with van der Waals surface area (Å²) in [5.41, 5.74) is 1.59. The number of benzene rings is 1. The maximum atomic E-state index is 11.5. The zero-order chi connectivity index (χ0) is 17.1. The van der Waals surface area contributed by atoms with Crippen molar-refractivity contribution >= 4 is 11.6 Å². The van der Waals surface area contributed by atoms with Crippen molar-refractivity contribution in [3.05, 3.63) is 35.9 Å². The Labute approximate surface area is 131 Å². The molecule has 3 heteroatoms. The number of aliphatic imine (C=N–C) groups is 1. The molecule has 0 saturated carbocycles. The van der Waals surface area contributed by atoms with E-state index >= 15 is 0 Å². The van der Waals surface area contributed by atoms with Gasteiger partial charge in [-0.2, -0.15) is 0 Å². The van der Waals surface area contributed by atoms with Crippen LogP contribution >= 0.6 is 0 Å². The Morgan fingerprint density at radius 3 is 1.86 bits per heavy atom. The second-order valence-corrected chi connectivity index (χ2v) is 3.71. The third kappa shape index (κ3) is 16.3. The third-order valence-electron chi connectivity index (χ3n) is 1.92. The first-order valence-corrected chi connectivity index (χ1v) is 7.91. The zero-order valence-electron chi connectivity index (χ0n) is 15.2. The van der Waals surface area contributed by atoms with Crippen LogP contribution in [0.2, 0.25) is 0 Å². The van der Waals surface area contributed by atoms with Gasteiger partial charge in [-0.15, -0.1) is 0 Å². The van der Waals surface area contributed by atoms with Crippen LogP contribution in [0, 0.1) is 0 Å². The fraction of sp³-hybridized carbons (Fsp3) is 0.556. The number of nitrogens with zero attached hydrogens (tertiary/aromatic N) is 1. The van der Waals surface area contributed by atoms with Gasteiger partial charge in [0, 0.05) is 18.3 Å². The van der Waals surface area contributed by atoms with E-state index in [9.17, 15) is 4.79 Å². The topological polar surface area (TPSA) is 41.5 Å². The average Bonchev–Trinajstić information content (AvgIpc) is 2.57. The van der Waals surface area contributed by atoms with E-state index in [0.717, 1.165) is 5.71 Å². The molecule has 0 aromatic heterocycles. The predicted molar refractivity (Wildman–Crippen MR) is 96.5 cm³/mol. The van der Waals surface area contributed by atoms with Crippen molar-refractivity contribution in [2.45, 2.75) is 54.9 Å². The summed E-state index contributed by atoms with van der Waals surface area (Å²) >= 11 is 0. The highest BCUT2D eigenvalue weighted by Crippen LogP contribution is 1.97. The molecule has 1 aromatic rings. The van der Waals surface area contributed by atoms with Crippen molar-refractivity contribution in [3.63, 3.8) is 0 Å². The van der Waals surface area contributed by atoms with Crippen molar-refractivity contribution in [2.24, 2.45) is 4.99 Å². The van der Waals surface area contributed by atoms with Gasteiger partial charge < -0.3 is 5.32 Å². The Morgan fingerprint density at radius 2 is 1.48 bits per heavy atom. The Hall–Kier alpha value is -1.64. The van der Waals surface area contributed by atoms with Crippen molar-refractivity contribution < 1.29 is 4.79 Å². The van der Waals surface area contributed by atoms with Crippen LogP contribution in [0.5, 0.6) is 0 Å². The maximum Gasteiger partial charge on any atom is 0.251 e. The van der Waals surface area contributed by atoms with Crippen LogP contribution < -0.4 is 5.32 Å². The molecule has 1 aromatic carbocycles. The molecule has 21 heavy (non-hydrogen) atoms. The minimum absolute atomic E-state index is 0.0615. The first kappa shape index (κ1) is 24.4. The highest BCUT2D eigenvalue weighted by molar-refractivity contribution is 5.97. The van der Waals surface area contributed by atoms with Gasteiger partial charge in [-0.25, -0.2) is 0 Å². The lowest BCUT2D eigenvalue weighted by atomic mass is 10.2. The van der Waals surface area contributed by atoms with Gasteiger partial charge in [0.05, 0.1) is 6.54 Å². The molecule has 3 nitrogen and oxygen atoms in total. The number of carbonyl (C=O) groups is 1. The van der Waals surface area contributed by atoms with Crippen molar-refractivity contribution in [1.82, 2.24) is 5.32 Å². The van der Waals surface area contributed by atoms with Crippen molar-refractivity contribution in [2.75, 3.05) is 13.6 Å². The van der Waals surface area contributed by atoms with E-state index in [1.807, 2.05) is 52.8 Å². The molecule has 0 fully saturated rings. The first-order valence-electron chi connectivity index (χ1n) is 7.91. The molecule has 0 aliphatic carbocycles. The van der Waals surface area contributed by atoms with E-state index in [-0.39, 0.29) is 5.91 Å². The normalized spacial score (nSPS) is 8.86. The lowest BCUT2D eigenvalue weighted by Gasteiger charge is -2.03. The minimum Gasteiger partial charge on any atom is -0.347 e. The molecule has 0 spiro atoms. The Balaban J connectivity index is -0.000000399. The third-order valence-corrected chi connectivity index (χ3v) is 1.92. The minimum atomic E-state index is -0.0615. The lowest BCUT2D eigenvalue weighted by molar-refractivity contribution is 0.0959. The fourth-order valence-electron chi connectivity index (χ4n) is 0.979. The highest BCUT2D eigenvalue weighted by atomic mass is 16.1. The monoisotopic (exact) mass is 294 g/mol. The summed E-state index contributed by atoms with van der Waals surface area (Å²) in [6.07, 6.45) is 1.25. The molecular formula is C18H34N2O. The molecule has 0 saturated heterocycles. The predicted octanol–water partition coefficient (Wildman–Crippen LogP) is 4.98. The Kier molecular flexibility index (Phi) is 24.0. The molecule has 122 valence electrons. The Morgan fingerprint density at radius 1 is 1.05 bits per heavy atom. The second kappa shape index (κ2) is 20.7.